The SMILES string of the molecule is COC(=O)C1CCCCC1N1CCCC1. The van der Waals surface area contributed by atoms with E-state index >= 15 is 0 Å². The summed E-state index contributed by atoms with van der Waals surface area (Å²) in [6.45, 7) is 2.36. The van der Waals surface area contributed by atoms with Crippen LogP contribution in [-0.2, 0) is 9.53 Å². The van der Waals surface area contributed by atoms with E-state index in [1.165, 1.54) is 52.3 Å². The van der Waals surface area contributed by atoms with Crippen LogP contribution >= 0.6 is 0 Å². The zero-order valence-corrected chi connectivity index (χ0v) is 9.58. The molecule has 2 atom stereocenters. The number of rotatable bonds is 2. The average molecular weight is 211 g/mol. The van der Waals surface area contributed by atoms with Crippen LogP contribution in [0.3, 0.4) is 0 Å². The molecule has 15 heavy (non-hydrogen) atoms. The monoisotopic (exact) mass is 211 g/mol. The maximum absolute atomic E-state index is 11.7. The fourth-order valence-corrected chi connectivity index (χ4v) is 3.05. The van der Waals surface area contributed by atoms with E-state index in [4.69, 9.17) is 4.74 Å². The summed E-state index contributed by atoms with van der Waals surface area (Å²) >= 11 is 0. The Morgan fingerprint density at radius 3 is 2.47 bits per heavy atom. The highest BCUT2D eigenvalue weighted by atomic mass is 16.5. The van der Waals surface area contributed by atoms with Gasteiger partial charge in [0.15, 0.2) is 0 Å². The zero-order chi connectivity index (χ0) is 10.7. The highest BCUT2D eigenvalue weighted by Gasteiger charge is 2.36. The number of nitrogens with zero attached hydrogens (tertiary/aromatic N) is 1. The molecule has 1 aliphatic carbocycles. The van der Waals surface area contributed by atoms with Gasteiger partial charge in [0, 0.05) is 6.04 Å². The Balaban J connectivity index is 2.01. The zero-order valence-electron chi connectivity index (χ0n) is 9.58. The van der Waals surface area contributed by atoms with Gasteiger partial charge < -0.3 is 4.74 Å². The summed E-state index contributed by atoms with van der Waals surface area (Å²) in [7, 11) is 1.51. The molecule has 2 unspecified atom stereocenters. The molecular weight excluding hydrogens is 190 g/mol. The predicted molar refractivity (Wildman–Crippen MR) is 58.6 cm³/mol. The van der Waals surface area contributed by atoms with Gasteiger partial charge in [-0.05, 0) is 38.8 Å². The van der Waals surface area contributed by atoms with Crippen LogP contribution in [0.2, 0.25) is 0 Å². The first-order valence-electron chi connectivity index (χ1n) is 6.15. The minimum Gasteiger partial charge on any atom is -0.469 e. The summed E-state index contributed by atoms with van der Waals surface area (Å²) in [5.41, 5.74) is 0. The molecule has 0 bridgehead atoms. The number of esters is 1. The summed E-state index contributed by atoms with van der Waals surface area (Å²) in [5.74, 6) is 0.147. The van der Waals surface area contributed by atoms with Crippen LogP contribution in [-0.4, -0.2) is 37.1 Å². The topological polar surface area (TPSA) is 29.5 Å². The van der Waals surface area contributed by atoms with Crippen molar-refractivity contribution in [3.8, 4) is 0 Å². The van der Waals surface area contributed by atoms with Gasteiger partial charge in [-0.25, -0.2) is 0 Å². The second-order valence-corrected chi connectivity index (χ2v) is 4.72. The van der Waals surface area contributed by atoms with Crippen molar-refractivity contribution in [2.75, 3.05) is 20.2 Å². The van der Waals surface area contributed by atoms with Crippen LogP contribution in [0.5, 0.6) is 0 Å². The lowest BCUT2D eigenvalue weighted by Crippen LogP contribution is -2.44. The molecule has 0 spiro atoms. The van der Waals surface area contributed by atoms with Gasteiger partial charge in [0.05, 0.1) is 13.0 Å². The molecule has 0 aromatic rings. The third-order valence-corrected chi connectivity index (χ3v) is 3.84. The molecule has 3 nitrogen and oxygen atoms in total. The lowest BCUT2D eigenvalue weighted by molar-refractivity contribution is -0.149. The Morgan fingerprint density at radius 1 is 1.13 bits per heavy atom. The van der Waals surface area contributed by atoms with E-state index in [1.807, 2.05) is 0 Å². The third kappa shape index (κ3) is 2.33. The molecule has 1 saturated heterocycles. The number of ether oxygens (including phenoxy) is 1. The second kappa shape index (κ2) is 4.97. The van der Waals surface area contributed by atoms with Crippen molar-refractivity contribution in [2.24, 2.45) is 5.92 Å². The van der Waals surface area contributed by atoms with Crippen LogP contribution in [0.1, 0.15) is 38.5 Å². The van der Waals surface area contributed by atoms with Crippen LogP contribution in [0.4, 0.5) is 0 Å². The Hall–Kier alpha value is -0.570. The lowest BCUT2D eigenvalue weighted by atomic mass is 9.83. The average Bonchev–Trinajstić information content (AvgIpc) is 2.81. The molecule has 0 aromatic carbocycles. The quantitative estimate of drug-likeness (QED) is 0.652. The van der Waals surface area contributed by atoms with Crippen molar-refractivity contribution >= 4 is 5.97 Å². The van der Waals surface area contributed by atoms with Gasteiger partial charge in [-0.3, -0.25) is 9.69 Å². The van der Waals surface area contributed by atoms with Crippen molar-refractivity contribution in [3.63, 3.8) is 0 Å². The summed E-state index contributed by atoms with van der Waals surface area (Å²) in [5, 5.41) is 0. The predicted octanol–water partition coefficient (Wildman–Crippen LogP) is 1.81. The fraction of sp³-hybridized carbons (Fsp3) is 0.917. The van der Waals surface area contributed by atoms with E-state index in [1.54, 1.807) is 0 Å². The molecule has 2 aliphatic rings. The van der Waals surface area contributed by atoms with Gasteiger partial charge in [0.25, 0.3) is 0 Å². The number of carbonyl (C=O) groups excluding carboxylic acids is 1. The van der Waals surface area contributed by atoms with E-state index in [2.05, 4.69) is 4.90 Å². The fourth-order valence-electron chi connectivity index (χ4n) is 3.05. The molecule has 2 rings (SSSR count). The van der Waals surface area contributed by atoms with Gasteiger partial charge in [-0.15, -0.1) is 0 Å². The maximum Gasteiger partial charge on any atom is 0.310 e. The van der Waals surface area contributed by atoms with Gasteiger partial charge in [0.2, 0.25) is 0 Å². The standard InChI is InChI=1S/C12H21NO2/c1-15-12(14)10-6-2-3-7-11(10)13-8-4-5-9-13/h10-11H,2-9H2,1H3. The Kier molecular flexibility index (Phi) is 3.62. The smallest absolute Gasteiger partial charge is 0.310 e. The van der Waals surface area contributed by atoms with E-state index in [0.29, 0.717) is 6.04 Å². The van der Waals surface area contributed by atoms with Crippen molar-refractivity contribution < 1.29 is 9.53 Å². The third-order valence-electron chi connectivity index (χ3n) is 3.84. The van der Waals surface area contributed by atoms with Crippen LogP contribution in [0.15, 0.2) is 0 Å². The molecular formula is C12H21NO2. The minimum atomic E-state index is 0.00611. The van der Waals surface area contributed by atoms with E-state index < -0.39 is 0 Å². The van der Waals surface area contributed by atoms with Gasteiger partial charge in [-0.2, -0.15) is 0 Å². The van der Waals surface area contributed by atoms with Gasteiger partial charge in [-0.1, -0.05) is 12.8 Å². The maximum atomic E-state index is 11.7. The summed E-state index contributed by atoms with van der Waals surface area (Å²) < 4.78 is 4.91. The second-order valence-electron chi connectivity index (χ2n) is 4.72. The Bertz CT molecular complexity index is 224. The normalized spacial score (nSPS) is 32.9. The van der Waals surface area contributed by atoms with E-state index in [9.17, 15) is 4.79 Å². The first kappa shape index (κ1) is 10.9. The summed E-state index contributed by atoms with van der Waals surface area (Å²) in [6.07, 6.45) is 7.25. The first-order valence-corrected chi connectivity index (χ1v) is 6.15. The lowest BCUT2D eigenvalue weighted by Gasteiger charge is -2.36. The summed E-state index contributed by atoms with van der Waals surface area (Å²) in [4.78, 5) is 14.2. The largest absolute Gasteiger partial charge is 0.469 e. The van der Waals surface area contributed by atoms with Crippen molar-refractivity contribution in [1.29, 1.82) is 0 Å². The molecule has 0 aromatic heterocycles. The number of carbonyl (C=O) groups is 1. The minimum absolute atomic E-state index is 0.00611. The molecule has 1 heterocycles. The molecule has 0 radical (unpaired) electrons. The molecule has 1 aliphatic heterocycles. The Labute approximate surface area is 91.8 Å². The highest BCUT2D eigenvalue weighted by Crippen LogP contribution is 2.31. The summed E-state index contributed by atoms with van der Waals surface area (Å²) in [6, 6.07) is 0.466. The van der Waals surface area contributed by atoms with Crippen LogP contribution in [0.25, 0.3) is 0 Å². The van der Waals surface area contributed by atoms with E-state index in [0.717, 1.165) is 6.42 Å². The molecule has 0 N–H and O–H groups in total. The van der Waals surface area contributed by atoms with Crippen molar-refractivity contribution in [3.05, 3.63) is 0 Å². The highest BCUT2D eigenvalue weighted by molar-refractivity contribution is 5.73. The molecule has 2 fully saturated rings. The van der Waals surface area contributed by atoms with Gasteiger partial charge >= 0.3 is 5.97 Å². The van der Waals surface area contributed by atoms with Gasteiger partial charge in [0.1, 0.15) is 0 Å². The molecule has 86 valence electrons. The number of hydrogen-bond donors (Lipinski definition) is 0. The molecule has 0 amide bonds. The van der Waals surface area contributed by atoms with Crippen molar-refractivity contribution in [1.82, 2.24) is 4.90 Å². The first-order chi connectivity index (χ1) is 7.33. The molecule has 1 saturated carbocycles. The van der Waals surface area contributed by atoms with E-state index in [-0.39, 0.29) is 11.9 Å². The number of likely N-dealkylation sites (tertiary alicyclic amines) is 1. The van der Waals surface area contributed by atoms with Crippen LogP contribution < -0.4 is 0 Å². The molecule has 3 heteroatoms. The Morgan fingerprint density at radius 2 is 1.80 bits per heavy atom. The number of methoxy groups -OCH3 is 1. The van der Waals surface area contributed by atoms with Crippen molar-refractivity contribution in [2.45, 2.75) is 44.6 Å². The van der Waals surface area contributed by atoms with Crippen LogP contribution in [0, 0.1) is 5.92 Å². The number of hydrogen-bond acceptors (Lipinski definition) is 3.